The van der Waals surface area contributed by atoms with Gasteiger partial charge in [0.1, 0.15) is 0 Å². The molecule has 18 heavy (non-hydrogen) atoms. The van der Waals surface area contributed by atoms with Gasteiger partial charge in [-0.2, -0.15) is 0 Å². The number of amides is 1. The molecule has 5 nitrogen and oxygen atoms in total. The summed E-state index contributed by atoms with van der Waals surface area (Å²) >= 11 is 0. The van der Waals surface area contributed by atoms with Crippen molar-refractivity contribution in [3.63, 3.8) is 0 Å². The van der Waals surface area contributed by atoms with Crippen molar-refractivity contribution in [2.24, 2.45) is 11.5 Å². The van der Waals surface area contributed by atoms with E-state index in [1.807, 2.05) is 0 Å². The van der Waals surface area contributed by atoms with E-state index in [9.17, 15) is 4.79 Å². The lowest BCUT2D eigenvalue weighted by atomic mass is 9.92. The Morgan fingerprint density at radius 3 is 2.94 bits per heavy atom. The molecule has 4 N–H and O–H groups in total. The smallest absolute Gasteiger partial charge is 0.237 e. The Morgan fingerprint density at radius 2 is 2.28 bits per heavy atom. The lowest BCUT2D eigenvalue weighted by Gasteiger charge is -2.43. The summed E-state index contributed by atoms with van der Waals surface area (Å²) in [6.45, 7) is 5.56. The molecule has 5 heteroatoms. The maximum absolute atomic E-state index is 11.3. The molecular formula is C13H25N3O2. The number of carbonyl (C=O) groups is 1. The zero-order chi connectivity index (χ0) is 13.3. The van der Waals surface area contributed by atoms with Crippen LogP contribution in [0, 0.1) is 0 Å². The lowest BCUT2D eigenvalue weighted by Crippen LogP contribution is -2.57. The molecule has 4 atom stereocenters. The SMILES string of the molecule is CC(CC(C)(N)C(N)=O)N1CCOC2CCCC21. The number of fused-ring (bicyclic) bond motifs is 1. The number of hydrogen-bond donors (Lipinski definition) is 2. The minimum Gasteiger partial charge on any atom is -0.375 e. The average molecular weight is 255 g/mol. The van der Waals surface area contributed by atoms with Gasteiger partial charge >= 0.3 is 0 Å². The van der Waals surface area contributed by atoms with E-state index in [4.69, 9.17) is 16.2 Å². The van der Waals surface area contributed by atoms with Gasteiger partial charge in [-0.1, -0.05) is 0 Å². The van der Waals surface area contributed by atoms with Gasteiger partial charge in [-0.25, -0.2) is 0 Å². The van der Waals surface area contributed by atoms with E-state index in [0.29, 0.717) is 18.6 Å². The molecule has 0 radical (unpaired) electrons. The Hall–Kier alpha value is -0.650. The van der Waals surface area contributed by atoms with E-state index in [1.165, 1.54) is 12.8 Å². The Balaban J connectivity index is 1.99. The van der Waals surface area contributed by atoms with E-state index in [-0.39, 0.29) is 6.04 Å². The quantitative estimate of drug-likeness (QED) is 0.753. The molecule has 2 aliphatic rings. The van der Waals surface area contributed by atoms with Crippen LogP contribution in [0.25, 0.3) is 0 Å². The standard InChI is InChI=1S/C13H25N3O2/c1-9(8-13(2,15)12(14)17)16-6-7-18-11-5-3-4-10(11)16/h9-11H,3-8,15H2,1-2H3,(H2,14,17). The highest BCUT2D eigenvalue weighted by atomic mass is 16.5. The first-order valence-electron chi connectivity index (χ1n) is 6.88. The predicted octanol–water partition coefficient (Wildman–Crippen LogP) is 0.221. The summed E-state index contributed by atoms with van der Waals surface area (Å²) in [5.74, 6) is -0.425. The van der Waals surface area contributed by atoms with Gasteiger partial charge in [0.05, 0.1) is 18.2 Å². The van der Waals surface area contributed by atoms with Gasteiger partial charge in [-0.15, -0.1) is 0 Å². The second-order valence-electron chi connectivity index (χ2n) is 5.98. The lowest BCUT2D eigenvalue weighted by molar-refractivity contribution is -0.124. The van der Waals surface area contributed by atoms with Crippen molar-refractivity contribution in [1.29, 1.82) is 0 Å². The molecule has 2 rings (SSSR count). The fraction of sp³-hybridized carbons (Fsp3) is 0.923. The maximum atomic E-state index is 11.3. The van der Waals surface area contributed by atoms with Crippen molar-refractivity contribution in [2.45, 2.75) is 63.3 Å². The summed E-state index contributed by atoms with van der Waals surface area (Å²) in [4.78, 5) is 13.8. The Bertz CT molecular complexity index is 319. The van der Waals surface area contributed by atoms with Gasteiger partial charge in [-0.3, -0.25) is 9.69 Å². The highest BCUT2D eigenvalue weighted by Crippen LogP contribution is 2.32. The predicted molar refractivity (Wildman–Crippen MR) is 70.0 cm³/mol. The van der Waals surface area contributed by atoms with Gasteiger partial charge in [0, 0.05) is 18.6 Å². The third kappa shape index (κ3) is 2.68. The van der Waals surface area contributed by atoms with Crippen molar-refractivity contribution in [1.82, 2.24) is 4.90 Å². The number of ether oxygens (including phenoxy) is 1. The molecule has 4 unspecified atom stereocenters. The minimum atomic E-state index is -0.925. The molecule has 0 aromatic carbocycles. The van der Waals surface area contributed by atoms with Crippen LogP contribution in [-0.4, -0.2) is 47.7 Å². The van der Waals surface area contributed by atoms with Crippen LogP contribution < -0.4 is 11.5 Å². The second-order valence-corrected chi connectivity index (χ2v) is 5.98. The van der Waals surface area contributed by atoms with Gasteiger partial charge in [-0.05, 0) is 39.5 Å². The van der Waals surface area contributed by atoms with Crippen molar-refractivity contribution < 1.29 is 9.53 Å². The summed E-state index contributed by atoms with van der Waals surface area (Å²) in [6, 6.07) is 0.763. The molecule has 1 saturated heterocycles. The van der Waals surface area contributed by atoms with Crippen LogP contribution in [0.1, 0.15) is 39.5 Å². The summed E-state index contributed by atoms with van der Waals surface area (Å²) in [5, 5.41) is 0. The Kier molecular flexibility index (Phi) is 3.94. The van der Waals surface area contributed by atoms with Crippen molar-refractivity contribution in [2.75, 3.05) is 13.2 Å². The maximum Gasteiger partial charge on any atom is 0.237 e. The Morgan fingerprint density at radius 1 is 1.56 bits per heavy atom. The average Bonchev–Trinajstić information content (AvgIpc) is 2.75. The molecule has 0 aromatic rings. The molecule has 0 spiro atoms. The molecule has 1 saturated carbocycles. The van der Waals surface area contributed by atoms with Crippen LogP contribution in [0.2, 0.25) is 0 Å². The molecule has 1 aliphatic carbocycles. The molecule has 2 fully saturated rings. The zero-order valence-corrected chi connectivity index (χ0v) is 11.4. The van der Waals surface area contributed by atoms with Gasteiger partial charge < -0.3 is 16.2 Å². The highest BCUT2D eigenvalue weighted by Gasteiger charge is 2.40. The molecule has 1 heterocycles. The van der Waals surface area contributed by atoms with E-state index in [0.717, 1.165) is 19.6 Å². The number of nitrogens with zero attached hydrogens (tertiary/aromatic N) is 1. The van der Waals surface area contributed by atoms with E-state index < -0.39 is 11.4 Å². The van der Waals surface area contributed by atoms with Crippen molar-refractivity contribution >= 4 is 5.91 Å². The number of morpholine rings is 1. The van der Waals surface area contributed by atoms with Gasteiger partial charge in [0.25, 0.3) is 0 Å². The third-order valence-corrected chi connectivity index (χ3v) is 4.37. The molecule has 104 valence electrons. The van der Waals surface area contributed by atoms with Crippen LogP contribution >= 0.6 is 0 Å². The number of hydrogen-bond acceptors (Lipinski definition) is 4. The van der Waals surface area contributed by atoms with E-state index >= 15 is 0 Å². The summed E-state index contributed by atoms with van der Waals surface area (Å²) in [6.07, 6.45) is 4.55. The first-order chi connectivity index (χ1) is 8.42. The fourth-order valence-electron chi connectivity index (χ4n) is 3.33. The number of primary amides is 1. The highest BCUT2D eigenvalue weighted by molar-refractivity contribution is 5.83. The molecule has 0 aromatic heterocycles. The van der Waals surface area contributed by atoms with Crippen molar-refractivity contribution in [3.05, 3.63) is 0 Å². The first kappa shape index (κ1) is 13.8. The summed E-state index contributed by atoms with van der Waals surface area (Å²) in [5.41, 5.74) is 10.4. The monoisotopic (exact) mass is 255 g/mol. The zero-order valence-electron chi connectivity index (χ0n) is 11.4. The normalized spacial score (nSPS) is 33.7. The number of rotatable bonds is 4. The van der Waals surface area contributed by atoms with Crippen LogP contribution in [0.4, 0.5) is 0 Å². The summed E-state index contributed by atoms with van der Waals surface area (Å²) in [7, 11) is 0. The first-order valence-corrected chi connectivity index (χ1v) is 6.88. The number of nitrogens with two attached hydrogens (primary N) is 2. The summed E-state index contributed by atoms with van der Waals surface area (Å²) < 4.78 is 5.80. The van der Waals surface area contributed by atoms with Crippen LogP contribution in [0.15, 0.2) is 0 Å². The minimum absolute atomic E-state index is 0.266. The molecule has 1 aliphatic heterocycles. The van der Waals surface area contributed by atoms with Crippen LogP contribution in [0.5, 0.6) is 0 Å². The van der Waals surface area contributed by atoms with Crippen LogP contribution in [0.3, 0.4) is 0 Å². The van der Waals surface area contributed by atoms with Gasteiger partial charge in [0.15, 0.2) is 0 Å². The third-order valence-electron chi connectivity index (χ3n) is 4.37. The van der Waals surface area contributed by atoms with Gasteiger partial charge in [0.2, 0.25) is 5.91 Å². The fourth-order valence-corrected chi connectivity index (χ4v) is 3.33. The topological polar surface area (TPSA) is 81.6 Å². The Labute approximate surface area is 109 Å². The molecule has 1 amide bonds. The van der Waals surface area contributed by atoms with Crippen molar-refractivity contribution in [3.8, 4) is 0 Å². The van der Waals surface area contributed by atoms with E-state index in [1.54, 1.807) is 6.92 Å². The largest absolute Gasteiger partial charge is 0.375 e. The molecular weight excluding hydrogens is 230 g/mol. The number of carbonyl (C=O) groups excluding carboxylic acids is 1. The van der Waals surface area contributed by atoms with Crippen LogP contribution in [-0.2, 0) is 9.53 Å². The molecule has 0 bridgehead atoms. The van der Waals surface area contributed by atoms with E-state index in [2.05, 4.69) is 11.8 Å². The second kappa shape index (κ2) is 5.15.